The zero-order valence-electron chi connectivity index (χ0n) is 19.0. The van der Waals surface area contributed by atoms with Crippen LogP contribution in [0.4, 0.5) is 0 Å². The molecule has 35 heavy (non-hydrogen) atoms. The lowest BCUT2D eigenvalue weighted by Gasteiger charge is -2.08. The fourth-order valence-electron chi connectivity index (χ4n) is 3.42. The average molecular weight is 484 g/mol. The van der Waals surface area contributed by atoms with Crippen LogP contribution in [0.3, 0.4) is 0 Å². The molecule has 4 rings (SSSR count). The van der Waals surface area contributed by atoms with Gasteiger partial charge in [0.25, 0.3) is 0 Å². The number of nitriles is 1. The van der Waals surface area contributed by atoms with E-state index in [1.807, 2.05) is 84.9 Å². The summed E-state index contributed by atoms with van der Waals surface area (Å²) in [4.78, 5) is 12.2. The van der Waals surface area contributed by atoms with Crippen LogP contribution in [-0.2, 0) is 16.1 Å². The van der Waals surface area contributed by atoms with E-state index in [-0.39, 0.29) is 12.2 Å². The van der Waals surface area contributed by atoms with Crippen LogP contribution in [0.25, 0.3) is 23.0 Å². The number of carbonyl (C=O) groups excluding carboxylic acids is 1. The third-order valence-electron chi connectivity index (χ3n) is 5.16. The Labute approximate surface area is 208 Å². The van der Waals surface area contributed by atoms with Crippen molar-refractivity contribution in [2.45, 2.75) is 13.5 Å². The SMILES string of the molecule is CCOC(=O)C(C#N)=Cc1cn(-c2ccccc2)nc1-c1ccc(OCc2ccccc2Cl)cc1. The van der Waals surface area contributed by atoms with Gasteiger partial charge in [-0.15, -0.1) is 0 Å². The normalized spacial score (nSPS) is 11.1. The molecule has 0 atom stereocenters. The van der Waals surface area contributed by atoms with Gasteiger partial charge in [0.05, 0.1) is 18.0 Å². The Morgan fingerprint density at radius 2 is 1.77 bits per heavy atom. The van der Waals surface area contributed by atoms with Crippen LogP contribution in [-0.4, -0.2) is 22.4 Å². The van der Waals surface area contributed by atoms with Gasteiger partial charge in [0.2, 0.25) is 0 Å². The highest BCUT2D eigenvalue weighted by Gasteiger charge is 2.16. The molecular formula is C28H22ClN3O3. The summed E-state index contributed by atoms with van der Waals surface area (Å²) >= 11 is 6.21. The topological polar surface area (TPSA) is 77.1 Å². The number of rotatable bonds is 8. The fraction of sp³-hybridized carbons (Fsp3) is 0.107. The van der Waals surface area contributed by atoms with Crippen molar-refractivity contribution in [1.29, 1.82) is 5.26 Å². The number of halogens is 1. The molecule has 0 saturated carbocycles. The summed E-state index contributed by atoms with van der Waals surface area (Å²) in [6.07, 6.45) is 3.28. The smallest absolute Gasteiger partial charge is 0.348 e. The summed E-state index contributed by atoms with van der Waals surface area (Å²) in [7, 11) is 0. The maximum atomic E-state index is 12.2. The highest BCUT2D eigenvalue weighted by molar-refractivity contribution is 6.31. The molecule has 4 aromatic rings. The van der Waals surface area contributed by atoms with E-state index in [4.69, 9.17) is 26.2 Å². The van der Waals surface area contributed by atoms with Gasteiger partial charge < -0.3 is 9.47 Å². The van der Waals surface area contributed by atoms with E-state index in [0.717, 1.165) is 16.8 Å². The van der Waals surface area contributed by atoms with Crippen LogP contribution in [0.2, 0.25) is 5.02 Å². The molecule has 3 aromatic carbocycles. The fourth-order valence-corrected chi connectivity index (χ4v) is 3.61. The first-order valence-electron chi connectivity index (χ1n) is 11.0. The van der Waals surface area contributed by atoms with E-state index in [2.05, 4.69) is 0 Å². The molecule has 7 heteroatoms. The maximum Gasteiger partial charge on any atom is 0.348 e. The monoisotopic (exact) mass is 483 g/mol. The van der Waals surface area contributed by atoms with Crippen molar-refractivity contribution in [3.63, 3.8) is 0 Å². The molecular weight excluding hydrogens is 462 g/mol. The summed E-state index contributed by atoms with van der Waals surface area (Å²) in [6.45, 7) is 2.23. The van der Waals surface area contributed by atoms with Gasteiger partial charge in [0.1, 0.15) is 24.0 Å². The Morgan fingerprint density at radius 3 is 2.46 bits per heavy atom. The second-order valence-corrected chi connectivity index (χ2v) is 7.92. The molecule has 0 aliphatic carbocycles. The quantitative estimate of drug-likeness (QED) is 0.168. The predicted molar refractivity (Wildman–Crippen MR) is 135 cm³/mol. The number of hydrogen-bond acceptors (Lipinski definition) is 5. The number of aromatic nitrogens is 2. The first-order chi connectivity index (χ1) is 17.1. The highest BCUT2D eigenvalue weighted by atomic mass is 35.5. The number of ether oxygens (including phenoxy) is 2. The number of benzene rings is 3. The molecule has 6 nitrogen and oxygen atoms in total. The first-order valence-corrected chi connectivity index (χ1v) is 11.4. The van der Waals surface area contributed by atoms with E-state index in [9.17, 15) is 10.1 Å². The van der Waals surface area contributed by atoms with Crippen LogP contribution in [0, 0.1) is 11.3 Å². The van der Waals surface area contributed by atoms with Crippen molar-refractivity contribution in [1.82, 2.24) is 9.78 Å². The summed E-state index contributed by atoms with van der Waals surface area (Å²) in [5.74, 6) is 0.00854. The third kappa shape index (κ3) is 5.78. The van der Waals surface area contributed by atoms with Crippen LogP contribution < -0.4 is 4.74 Å². The van der Waals surface area contributed by atoms with Gasteiger partial charge in [-0.1, -0.05) is 48.0 Å². The molecule has 1 aromatic heterocycles. The number of para-hydroxylation sites is 1. The second-order valence-electron chi connectivity index (χ2n) is 7.51. The van der Waals surface area contributed by atoms with E-state index >= 15 is 0 Å². The Kier molecular flexibility index (Phi) is 7.61. The standard InChI is InChI=1S/C28H22ClN3O3/c1-2-34-28(33)22(17-30)16-23-18-32(24-9-4-3-5-10-24)31-27(23)20-12-14-25(15-13-20)35-19-21-8-6-7-11-26(21)29/h3-16,18H,2,19H2,1H3. The lowest BCUT2D eigenvalue weighted by molar-refractivity contribution is -0.137. The highest BCUT2D eigenvalue weighted by Crippen LogP contribution is 2.28. The van der Waals surface area contributed by atoms with Gasteiger partial charge in [-0.3, -0.25) is 0 Å². The van der Waals surface area contributed by atoms with Crippen LogP contribution >= 0.6 is 11.6 Å². The molecule has 0 N–H and O–H groups in total. The molecule has 0 fully saturated rings. The number of carbonyl (C=O) groups is 1. The summed E-state index contributed by atoms with van der Waals surface area (Å²) in [5, 5.41) is 14.9. The van der Waals surface area contributed by atoms with Crippen molar-refractivity contribution in [2.24, 2.45) is 0 Å². The zero-order valence-corrected chi connectivity index (χ0v) is 19.8. The Balaban J connectivity index is 1.66. The van der Waals surface area contributed by atoms with Gasteiger partial charge in [0, 0.05) is 27.9 Å². The van der Waals surface area contributed by atoms with Crippen LogP contribution in [0.5, 0.6) is 5.75 Å². The maximum absolute atomic E-state index is 12.2. The van der Waals surface area contributed by atoms with Crippen molar-refractivity contribution in [2.75, 3.05) is 6.61 Å². The number of esters is 1. The minimum atomic E-state index is -0.670. The molecule has 0 unspecified atom stereocenters. The van der Waals surface area contributed by atoms with E-state index < -0.39 is 5.97 Å². The molecule has 0 aliphatic rings. The Hall–Kier alpha value is -4.34. The molecule has 1 heterocycles. The van der Waals surface area contributed by atoms with E-state index in [1.54, 1.807) is 17.8 Å². The second kappa shape index (κ2) is 11.2. The van der Waals surface area contributed by atoms with Gasteiger partial charge in [0.15, 0.2) is 0 Å². The minimum Gasteiger partial charge on any atom is -0.489 e. The third-order valence-corrected chi connectivity index (χ3v) is 5.53. The zero-order chi connectivity index (χ0) is 24.6. The van der Waals surface area contributed by atoms with E-state index in [1.165, 1.54) is 6.08 Å². The van der Waals surface area contributed by atoms with Gasteiger partial charge in [-0.2, -0.15) is 10.4 Å². The van der Waals surface area contributed by atoms with Crippen molar-refractivity contribution in [3.05, 3.63) is 107 Å². The number of hydrogen-bond donors (Lipinski definition) is 0. The first kappa shape index (κ1) is 23.8. The average Bonchev–Trinajstić information content (AvgIpc) is 3.31. The Morgan fingerprint density at radius 1 is 1.06 bits per heavy atom. The van der Waals surface area contributed by atoms with Crippen molar-refractivity contribution in [3.8, 4) is 28.8 Å². The van der Waals surface area contributed by atoms with Gasteiger partial charge in [-0.25, -0.2) is 9.48 Å². The molecule has 174 valence electrons. The summed E-state index contributed by atoms with van der Waals surface area (Å²) in [6, 6.07) is 26.5. The lowest BCUT2D eigenvalue weighted by Crippen LogP contribution is -2.06. The minimum absolute atomic E-state index is 0.0968. The summed E-state index contributed by atoms with van der Waals surface area (Å²) in [5.41, 5.74) is 3.68. The largest absolute Gasteiger partial charge is 0.489 e. The molecule has 0 amide bonds. The van der Waals surface area contributed by atoms with Crippen LogP contribution in [0.1, 0.15) is 18.1 Å². The molecule has 0 radical (unpaired) electrons. The van der Waals surface area contributed by atoms with Gasteiger partial charge >= 0.3 is 5.97 Å². The molecule has 0 aliphatic heterocycles. The van der Waals surface area contributed by atoms with Crippen molar-refractivity contribution < 1.29 is 14.3 Å². The van der Waals surface area contributed by atoms with Crippen molar-refractivity contribution >= 4 is 23.6 Å². The van der Waals surface area contributed by atoms with E-state index in [0.29, 0.717) is 28.6 Å². The molecule has 0 bridgehead atoms. The lowest BCUT2D eigenvalue weighted by atomic mass is 10.1. The summed E-state index contributed by atoms with van der Waals surface area (Å²) < 4.78 is 12.6. The molecule has 0 spiro atoms. The number of nitrogens with zero attached hydrogens (tertiary/aromatic N) is 3. The van der Waals surface area contributed by atoms with Crippen LogP contribution in [0.15, 0.2) is 90.6 Å². The Bertz CT molecular complexity index is 1390. The molecule has 0 saturated heterocycles. The van der Waals surface area contributed by atoms with Gasteiger partial charge in [-0.05, 0) is 55.5 Å². The predicted octanol–water partition coefficient (Wildman–Crippen LogP) is 6.24.